The lowest BCUT2D eigenvalue weighted by Crippen LogP contribution is -2.34. The van der Waals surface area contributed by atoms with Gasteiger partial charge in [-0.3, -0.25) is 9.59 Å². The molecule has 0 fully saturated rings. The molecule has 0 atom stereocenters. The van der Waals surface area contributed by atoms with Crippen LogP contribution in [0.4, 0.5) is 11.4 Å². The summed E-state index contributed by atoms with van der Waals surface area (Å²) in [6, 6.07) is 17.6. The summed E-state index contributed by atoms with van der Waals surface area (Å²) >= 11 is 1.43. The molecule has 0 saturated carbocycles. The molecule has 3 aromatic rings. The van der Waals surface area contributed by atoms with E-state index in [4.69, 9.17) is 4.74 Å². The van der Waals surface area contributed by atoms with Gasteiger partial charge in [0.1, 0.15) is 5.03 Å². The molecule has 4 rings (SSSR count). The predicted octanol–water partition coefficient (Wildman–Crippen LogP) is 4.01. The van der Waals surface area contributed by atoms with Crippen LogP contribution in [0.15, 0.2) is 76.8 Å². The maximum Gasteiger partial charge on any atom is 0.339 e. The molecule has 156 valence electrons. The number of benzene rings is 2. The van der Waals surface area contributed by atoms with E-state index in [0.717, 1.165) is 4.90 Å². The highest BCUT2D eigenvalue weighted by Crippen LogP contribution is 2.39. The van der Waals surface area contributed by atoms with Crippen molar-refractivity contribution in [2.24, 2.45) is 0 Å². The third-order valence-corrected chi connectivity index (χ3v) is 5.86. The second kappa shape index (κ2) is 9.01. The summed E-state index contributed by atoms with van der Waals surface area (Å²) in [5.74, 6) is -1.04. The van der Waals surface area contributed by atoms with Gasteiger partial charge in [0.05, 0.1) is 29.6 Å². The number of nitrogens with one attached hydrogen (secondary N) is 1. The molecule has 2 heterocycles. The van der Waals surface area contributed by atoms with Gasteiger partial charge in [-0.15, -0.1) is 0 Å². The molecule has 31 heavy (non-hydrogen) atoms. The van der Waals surface area contributed by atoms with E-state index in [1.807, 2.05) is 24.3 Å². The monoisotopic (exact) mass is 433 g/mol. The van der Waals surface area contributed by atoms with Crippen LogP contribution < -0.4 is 10.2 Å². The number of carbonyl (C=O) groups is 3. The van der Waals surface area contributed by atoms with Crippen LogP contribution in [0.2, 0.25) is 0 Å². The summed E-state index contributed by atoms with van der Waals surface area (Å²) < 4.78 is 4.76. The van der Waals surface area contributed by atoms with Crippen LogP contribution in [-0.2, 0) is 9.53 Å². The van der Waals surface area contributed by atoms with Gasteiger partial charge in [0.15, 0.2) is 0 Å². The Morgan fingerprint density at radius 3 is 2.68 bits per heavy atom. The number of esters is 1. The Morgan fingerprint density at radius 1 is 1.06 bits per heavy atom. The van der Waals surface area contributed by atoms with Gasteiger partial charge >= 0.3 is 5.97 Å². The Hall–Kier alpha value is -3.65. The van der Waals surface area contributed by atoms with E-state index in [1.165, 1.54) is 18.9 Å². The number of hydrogen-bond donors (Lipinski definition) is 1. The van der Waals surface area contributed by atoms with E-state index in [9.17, 15) is 14.4 Å². The lowest BCUT2D eigenvalue weighted by atomic mass is 10.1. The lowest BCUT2D eigenvalue weighted by Gasteiger charge is -2.22. The second-order valence-corrected chi connectivity index (χ2v) is 7.75. The molecule has 0 unspecified atom stereocenters. The van der Waals surface area contributed by atoms with Crippen LogP contribution in [0.3, 0.4) is 0 Å². The molecule has 7 nitrogen and oxygen atoms in total. The summed E-state index contributed by atoms with van der Waals surface area (Å²) in [6.45, 7) is 0.165. The topological polar surface area (TPSA) is 88.6 Å². The molecule has 2 aromatic carbocycles. The minimum atomic E-state index is -0.535. The van der Waals surface area contributed by atoms with Crippen molar-refractivity contribution in [1.82, 2.24) is 4.98 Å². The van der Waals surface area contributed by atoms with Gasteiger partial charge in [-0.2, -0.15) is 0 Å². The van der Waals surface area contributed by atoms with E-state index in [2.05, 4.69) is 10.3 Å². The van der Waals surface area contributed by atoms with Crippen molar-refractivity contribution in [3.05, 3.63) is 78.0 Å². The number of para-hydroxylation sites is 1. The average Bonchev–Trinajstić information content (AvgIpc) is 2.91. The molecule has 1 aliphatic rings. The number of fused-ring (bicyclic) bond motifs is 2. The molecular formula is C23H19N3O4S. The van der Waals surface area contributed by atoms with Gasteiger partial charge in [-0.05, 0) is 36.4 Å². The molecule has 1 N–H and O–H groups in total. The third-order valence-electron chi connectivity index (χ3n) is 4.78. The number of methoxy groups -OCH3 is 1. The third kappa shape index (κ3) is 4.29. The quantitative estimate of drug-likeness (QED) is 0.612. The Balaban J connectivity index is 1.55. The van der Waals surface area contributed by atoms with E-state index in [-0.39, 0.29) is 30.3 Å². The minimum Gasteiger partial charge on any atom is -0.465 e. The van der Waals surface area contributed by atoms with Crippen molar-refractivity contribution in [2.75, 3.05) is 23.9 Å². The first-order valence-corrected chi connectivity index (χ1v) is 10.4. The summed E-state index contributed by atoms with van der Waals surface area (Å²) in [4.78, 5) is 44.6. The van der Waals surface area contributed by atoms with Gasteiger partial charge in [0.25, 0.3) is 5.91 Å². The van der Waals surface area contributed by atoms with Crippen LogP contribution in [0, 0.1) is 0 Å². The number of anilines is 2. The fourth-order valence-electron chi connectivity index (χ4n) is 3.29. The summed E-state index contributed by atoms with van der Waals surface area (Å²) in [5, 5.41) is 3.45. The maximum absolute atomic E-state index is 13.2. The number of aromatic nitrogens is 1. The first-order valence-electron chi connectivity index (χ1n) is 9.59. The van der Waals surface area contributed by atoms with Crippen LogP contribution in [-0.4, -0.2) is 36.4 Å². The number of amides is 2. The van der Waals surface area contributed by atoms with Crippen molar-refractivity contribution >= 4 is 40.9 Å². The van der Waals surface area contributed by atoms with Gasteiger partial charge in [0, 0.05) is 24.1 Å². The first kappa shape index (κ1) is 20.6. The van der Waals surface area contributed by atoms with Gasteiger partial charge in [-0.1, -0.05) is 36.0 Å². The van der Waals surface area contributed by atoms with E-state index >= 15 is 0 Å². The summed E-state index contributed by atoms with van der Waals surface area (Å²) in [7, 11) is 1.28. The van der Waals surface area contributed by atoms with Gasteiger partial charge < -0.3 is 15.0 Å². The number of rotatable bonds is 5. The molecule has 2 amide bonds. The van der Waals surface area contributed by atoms with E-state index in [0.29, 0.717) is 22.0 Å². The maximum atomic E-state index is 13.2. The van der Waals surface area contributed by atoms with Crippen LogP contribution in [0.1, 0.15) is 27.1 Å². The van der Waals surface area contributed by atoms with Crippen molar-refractivity contribution in [3.63, 3.8) is 0 Å². The number of carbonyl (C=O) groups excluding carboxylic acids is 3. The van der Waals surface area contributed by atoms with Crippen LogP contribution in [0.5, 0.6) is 0 Å². The highest BCUT2D eigenvalue weighted by Gasteiger charge is 2.28. The molecule has 8 heteroatoms. The van der Waals surface area contributed by atoms with Crippen LogP contribution in [0.25, 0.3) is 0 Å². The normalized spacial score (nSPS) is 12.4. The molecule has 0 saturated heterocycles. The van der Waals surface area contributed by atoms with Crippen LogP contribution >= 0.6 is 11.8 Å². The Kier molecular flexibility index (Phi) is 5.99. The number of nitrogens with zero attached hydrogens (tertiary/aromatic N) is 2. The molecule has 0 bridgehead atoms. The van der Waals surface area contributed by atoms with Gasteiger partial charge in [-0.25, -0.2) is 9.78 Å². The predicted molar refractivity (Wildman–Crippen MR) is 118 cm³/mol. The molecule has 0 aliphatic carbocycles. The van der Waals surface area contributed by atoms with Crippen molar-refractivity contribution in [2.45, 2.75) is 16.3 Å². The fourth-order valence-corrected chi connectivity index (χ4v) is 4.30. The Labute approximate surface area is 183 Å². The molecule has 1 aliphatic heterocycles. The van der Waals surface area contributed by atoms with E-state index < -0.39 is 5.97 Å². The highest BCUT2D eigenvalue weighted by atomic mass is 32.2. The number of ether oxygens (including phenoxy) is 1. The zero-order chi connectivity index (χ0) is 21.8. The highest BCUT2D eigenvalue weighted by molar-refractivity contribution is 7.99. The molecule has 0 spiro atoms. The Bertz CT molecular complexity index is 1160. The molecular weight excluding hydrogens is 414 g/mol. The van der Waals surface area contributed by atoms with E-state index in [1.54, 1.807) is 47.5 Å². The Morgan fingerprint density at radius 2 is 1.84 bits per heavy atom. The first-order chi connectivity index (χ1) is 15.1. The summed E-state index contributed by atoms with van der Waals surface area (Å²) in [6.07, 6.45) is 1.72. The van der Waals surface area contributed by atoms with Crippen molar-refractivity contribution < 1.29 is 19.1 Å². The van der Waals surface area contributed by atoms with Crippen molar-refractivity contribution in [3.8, 4) is 0 Å². The minimum absolute atomic E-state index is 0.0441. The zero-order valence-electron chi connectivity index (χ0n) is 16.7. The molecule has 0 radical (unpaired) electrons. The summed E-state index contributed by atoms with van der Waals surface area (Å²) in [5.41, 5.74) is 1.87. The van der Waals surface area contributed by atoms with Gasteiger partial charge in [0.2, 0.25) is 5.91 Å². The largest absolute Gasteiger partial charge is 0.465 e. The fraction of sp³-hybridized carbons (Fsp3) is 0.130. The van der Waals surface area contributed by atoms with Crippen molar-refractivity contribution in [1.29, 1.82) is 0 Å². The average molecular weight is 433 g/mol. The number of hydrogen-bond acceptors (Lipinski definition) is 6. The lowest BCUT2D eigenvalue weighted by molar-refractivity contribution is -0.116. The standard InChI is InChI=1S/C23H19N3O4S/c1-30-23(29)15-7-2-4-9-17(15)25-20(27)12-14-26-18-10-6-13-24-21(18)31-19-11-5-3-8-16(19)22(26)28/h2-11,13H,12,14H2,1H3,(H,25,27). The molecule has 1 aromatic heterocycles. The second-order valence-electron chi connectivity index (χ2n) is 6.72. The SMILES string of the molecule is COC(=O)c1ccccc1NC(=O)CCN1C(=O)c2ccccc2Sc2ncccc21. The smallest absolute Gasteiger partial charge is 0.339 e. The number of pyridine rings is 1. The zero-order valence-corrected chi connectivity index (χ0v) is 17.5.